The number of amides is 1. The van der Waals surface area contributed by atoms with Crippen molar-refractivity contribution in [3.63, 3.8) is 0 Å². The van der Waals surface area contributed by atoms with Crippen LogP contribution in [0.4, 0.5) is 10.2 Å². The van der Waals surface area contributed by atoms with Crippen LogP contribution in [0.5, 0.6) is 0 Å². The number of hydrogen-bond donors (Lipinski definition) is 2. The zero-order chi connectivity index (χ0) is 14.5. The summed E-state index contributed by atoms with van der Waals surface area (Å²) in [6, 6.07) is 1.40. The first-order valence-electron chi connectivity index (χ1n) is 6.81. The number of pyridine rings is 1. The van der Waals surface area contributed by atoms with Gasteiger partial charge in [0.15, 0.2) is 0 Å². The van der Waals surface area contributed by atoms with Gasteiger partial charge in [-0.3, -0.25) is 4.79 Å². The zero-order valence-electron chi connectivity index (χ0n) is 11.8. The van der Waals surface area contributed by atoms with Crippen molar-refractivity contribution < 1.29 is 9.18 Å². The van der Waals surface area contributed by atoms with Crippen molar-refractivity contribution in [1.82, 2.24) is 10.3 Å². The fourth-order valence-corrected chi connectivity index (χ4v) is 3.26. The summed E-state index contributed by atoms with van der Waals surface area (Å²) in [7, 11) is 1.67. The van der Waals surface area contributed by atoms with E-state index in [1.54, 1.807) is 7.05 Å². The van der Waals surface area contributed by atoms with Crippen LogP contribution in [0.2, 0.25) is 0 Å². The largest absolute Gasteiger partial charge is 0.372 e. The van der Waals surface area contributed by atoms with Crippen molar-refractivity contribution in [3.05, 3.63) is 23.6 Å². The summed E-state index contributed by atoms with van der Waals surface area (Å²) in [4.78, 5) is 16.1. The molecule has 1 heterocycles. The van der Waals surface area contributed by atoms with Crippen LogP contribution in [-0.2, 0) is 0 Å². The highest BCUT2D eigenvalue weighted by Crippen LogP contribution is 2.27. The van der Waals surface area contributed by atoms with Crippen molar-refractivity contribution in [1.29, 1.82) is 0 Å². The molecule has 1 fully saturated rings. The van der Waals surface area contributed by atoms with E-state index in [1.165, 1.54) is 6.07 Å². The number of nitrogens with zero attached hydrogens (tertiary/aromatic N) is 1. The van der Waals surface area contributed by atoms with Gasteiger partial charge in [-0.1, -0.05) is 0 Å². The number of anilines is 1. The Morgan fingerprint density at radius 3 is 2.70 bits per heavy atom. The molecular weight excluding hydrogens is 277 g/mol. The van der Waals surface area contributed by atoms with Gasteiger partial charge in [0, 0.05) is 18.3 Å². The summed E-state index contributed by atoms with van der Waals surface area (Å²) >= 11 is 1.89. The summed E-state index contributed by atoms with van der Waals surface area (Å²) in [6.07, 6.45) is 7.43. The zero-order valence-corrected chi connectivity index (χ0v) is 12.6. The van der Waals surface area contributed by atoms with Crippen LogP contribution in [0, 0.1) is 5.82 Å². The Bertz CT molecular complexity index is 475. The molecule has 2 N–H and O–H groups in total. The number of aromatic nitrogens is 1. The molecule has 0 atom stereocenters. The van der Waals surface area contributed by atoms with Gasteiger partial charge in [0.25, 0.3) is 5.91 Å². The number of rotatable bonds is 4. The summed E-state index contributed by atoms with van der Waals surface area (Å²) in [5.74, 6) is -0.351. The lowest BCUT2D eigenvalue weighted by molar-refractivity contribution is 0.0928. The van der Waals surface area contributed by atoms with Crippen LogP contribution in [-0.4, -0.2) is 35.5 Å². The monoisotopic (exact) mass is 297 g/mol. The Hall–Kier alpha value is -1.30. The molecule has 0 unspecified atom stereocenters. The third kappa shape index (κ3) is 3.62. The first-order chi connectivity index (χ1) is 9.63. The third-order valence-electron chi connectivity index (χ3n) is 3.68. The maximum absolute atomic E-state index is 13.2. The normalized spacial score (nSPS) is 22.4. The van der Waals surface area contributed by atoms with Crippen LogP contribution in [0.1, 0.15) is 36.0 Å². The second-order valence-electron chi connectivity index (χ2n) is 4.98. The third-order valence-corrected chi connectivity index (χ3v) is 4.82. The fraction of sp³-hybridized carbons (Fsp3) is 0.571. The van der Waals surface area contributed by atoms with Gasteiger partial charge in [-0.25, -0.2) is 9.37 Å². The predicted octanol–water partition coefficient (Wildman–Crippen LogP) is 2.67. The smallest absolute Gasteiger partial charge is 0.255 e. The molecule has 1 aliphatic carbocycles. The minimum Gasteiger partial charge on any atom is -0.372 e. The summed E-state index contributed by atoms with van der Waals surface area (Å²) in [6.45, 7) is 0. The van der Waals surface area contributed by atoms with E-state index >= 15 is 0 Å². The second-order valence-corrected chi connectivity index (χ2v) is 6.12. The molecular formula is C14H20FN3OS. The maximum atomic E-state index is 13.2. The maximum Gasteiger partial charge on any atom is 0.255 e. The highest BCUT2D eigenvalue weighted by atomic mass is 32.2. The molecule has 0 spiro atoms. The van der Waals surface area contributed by atoms with Crippen molar-refractivity contribution in [2.24, 2.45) is 0 Å². The van der Waals surface area contributed by atoms with E-state index in [4.69, 9.17) is 0 Å². The number of carbonyl (C=O) groups is 1. The van der Waals surface area contributed by atoms with Gasteiger partial charge in [0.05, 0.1) is 11.8 Å². The number of hydrogen-bond acceptors (Lipinski definition) is 4. The lowest BCUT2D eigenvalue weighted by Crippen LogP contribution is -2.38. The van der Waals surface area contributed by atoms with Crippen LogP contribution >= 0.6 is 11.8 Å². The SMILES string of the molecule is CNc1ncc(F)cc1C(=O)NC1CCC(SC)CC1. The molecule has 2 rings (SSSR count). The van der Waals surface area contributed by atoms with E-state index in [1.807, 2.05) is 11.8 Å². The topological polar surface area (TPSA) is 54.0 Å². The lowest BCUT2D eigenvalue weighted by Gasteiger charge is -2.28. The van der Waals surface area contributed by atoms with Gasteiger partial charge in [-0.2, -0.15) is 11.8 Å². The second kappa shape index (κ2) is 6.92. The highest BCUT2D eigenvalue weighted by Gasteiger charge is 2.23. The molecule has 1 aromatic rings. The van der Waals surface area contributed by atoms with Gasteiger partial charge in [0.1, 0.15) is 11.6 Å². The van der Waals surface area contributed by atoms with E-state index in [2.05, 4.69) is 21.9 Å². The molecule has 1 aliphatic rings. The van der Waals surface area contributed by atoms with Crippen molar-refractivity contribution in [2.75, 3.05) is 18.6 Å². The molecule has 1 saturated carbocycles. The van der Waals surface area contributed by atoms with E-state index in [-0.39, 0.29) is 17.5 Å². The molecule has 1 amide bonds. The van der Waals surface area contributed by atoms with Crippen LogP contribution in [0.3, 0.4) is 0 Å². The molecule has 0 aromatic carbocycles. The van der Waals surface area contributed by atoms with Crippen LogP contribution in [0.25, 0.3) is 0 Å². The van der Waals surface area contributed by atoms with Crippen LogP contribution in [0.15, 0.2) is 12.3 Å². The number of carbonyl (C=O) groups excluding carboxylic acids is 1. The van der Waals surface area contributed by atoms with Gasteiger partial charge < -0.3 is 10.6 Å². The molecule has 6 heteroatoms. The molecule has 0 aliphatic heterocycles. The first-order valence-corrected chi connectivity index (χ1v) is 8.09. The Morgan fingerprint density at radius 2 is 2.10 bits per heavy atom. The first kappa shape index (κ1) is 15.1. The molecule has 20 heavy (non-hydrogen) atoms. The van der Waals surface area contributed by atoms with Crippen molar-refractivity contribution in [3.8, 4) is 0 Å². The average molecular weight is 297 g/mol. The number of thioether (sulfide) groups is 1. The fourth-order valence-electron chi connectivity index (χ4n) is 2.52. The molecule has 1 aromatic heterocycles. The van der Waals surface area contributed by atoms with E-state index in [0.717, 1.165) is 31.9 Å². The lowest BCUT2D eigenvalue weighted by atomic mass is 9.94. The Labute approximate surface area is 122 Å². The van der Waals surface area contributed by atoms with Crippen LogP contribution < -0.4 is 10.6 Å². The Morgan fingerprint density at radius 1 is 1.40 bits per heavy atom. The van der Waals surface area contributed by atoms with Crippen molar-refractivity contribution in [2.45, 2.75) is 37.0 Å². The van der Waals surface area contributed by atoms with E-state index < -0.39 is 5.82 Å². The average Bonchev–Trinajstić information content (AvgIpc) is 2.48. The molecule has 0 saturated heterocycles. The molecule has 110 valence electrons. The van der Waals surface area contributed by atoms with Crippen molar-refractivity contribution >= 4 is 23.5 Å². The van der Waals surface area contributed by atoms with E-state index in [9.17, 15) is 9.18 Å². The highest BCUT2D eigenvalue weighted by molar-refractivity contribution is 7.99. The molecule has 0 radical (unpaired) electrons. The summed E-state index contributed by atoms with van der Waals surface area (Å²) in [5, 5.41) is 6.50. The standard InChI is InChI=1S/C14H20FN3OS/c1-16-13-12(7-9(15)8-17-13)14(19)18-10-3-5-11(20-2)6-4-10/h7-8,10-11H,3-6H2,1-2H3,(H,16,17)(H,18,19). The molecule has 0 bridgehead atoms. The van der Waals surface area contributed by atoms with Gasteiger partial charge in [-0.15, -0.1) is 0 Å². The number of halogens is 1. The number of nitrogens with one attached hydrogen (secondary N) is 2. The summed E-state index contributed by atoms with van der Waals surface area (Å²) in [5.41, 5.74) is 0.263. The minimum atomic E-state index is -0.500. The minimum absolute atomic E-state index is 0.180. The Balaban J connectivity index is 2.00. The summed E-state index contributed by atoms with van der Waals surface area (Å²) < 4.78 is 13.2. The Kier molecular flexibility index (Phi) is 5.23. The predicted molar refractivity (Wildman–Crippen MR) is 80.8 cm³/mol. The van der Waals surface area contributed by atoms with Gasteiger partial charge >= 0.3 is 0 Å². The molecule has 4 nitrogen and oxygen atoms in total. The van der Waals surface area contributed by atoms with Gasteiger partial charge in [0.2, 0.25) is 0 Å². The quantitative estimate of drug-likeness (QED) is 0.897. The van der Waals surface area contributed by atoms with E-state index in [0.29, 0.717) is 11.1 Å². The van der Waals surface area contributed by atoms with Gasteiger partial charge in [-0.05, 0) is 38.0 Å².